The van der Waals surface area contributed by atoms with Crippen molar-refractivity contribution in [2.24, 2.45) is 0 Å². The molecule has 0 unspecified atom stereocenters. The van der Waals surface area contributed by atoms with Crippen molar-refractivity contribution < 1.29 is 13.2 Å². The van der Waals surface area contributed by atoms with E-state index in [1.807, 2.05) is 0 Å². The van der Waals surface area contributed by atoms with Crippen molar-refractivity contribution >= 4 is 15.9 Å². The lowest BCUT2D eigenvalue weighted by molar-refractivity contribution is -0.140. The third-order valence-corrected chi connectivity index (χ3v) is 1.42. The van der Waals surface area contributed by atoms with Crippen molar-refractivity contribution in [3.05, 3.63) is 22.4 Å². The zero-order valence-electron chi connectivity index (χ0n) is 4.67. The highest BCUT2D eigenvalue weighted by Crippen LogP contribution is 2.29. The molecular weight excluding hydrogens is 211 g/mol. The Morgan fingerprint density at radius 3 is 2.10 bits per heavy atom. The van der Waals surface area contributed by atoms with Crippen LogP contribution in [0.5, 0.6) is 0 Å². The molecule has 0 aliphatic rings. The van der Waals surface area contributed by atoms with Gasteiger partial charge in [0.25, 0.3) is 0 Å². The quantitative estimate of drug-likeness (QED) is 0.683. The largest absolute Gasteiger partial charge is 0.431 e. The van der Waals surface area contributed by atoms with E-state index in [9.17, 15) is 13.2 Å². The fourth-order valence-electron chi connectivity index (χ4n) is 0.534. The van der Waals surface area contributed by atoms with Gasteiger partial charge < -0.3 is 4.98 Å². The lowest BCUT2D eigenvalue weighted by atomic mass is 10.4. The van der Waals surface area contributed by atoms with Gasteiger partial charge in [0, 0.05) is 0 Å². The van der Waals surface area contributed by atoms with Gasteiger partial charge in [-0.1, -0.05) is 0 Å². The predicted octanol–water partition coefficient (Wildman–Crippen LogP) is 2.80. The Bertz CT molecular complexity index is 227. The second-order valence-electron chi connectivity index (χ2n) is 1.72. The Labute approximate surface area is 63.4 Å². The zero-order chi connectivity index (χ0) is 7.78. The number of nitrogens with one attached hydrogen (secondary N) is 1. The smallest absolute Gasteiger partial charge is 0.346 e. The molecule has 1 rings (SSSR count). The fourth-order valence-corrected chi connectivity index (χ4v) is 0.880. The van der Waals surface area contributed by atoms with Gasteiger partial charge in [0.15, 0.2) is 0 Å². The average Bonchev–Trinajstić information content (AvgIpc) is 2.11. The van der Waals surface area contributed by atoms with Crippen molar-refractivity contribution in [3.63, 3.8) is 0 Å². The van der Waals surface area contributed by atoms with Crippen LogP contribution in [0.1, 0.15) is 5.69 Å². The van der Waals surface area contributed by atoms with Crippen LogP contribution < -0.4 is 0 Å². The van der Waals surface area contributed by atoms with Gasteiger partial charge in [0.2, 0.25) is 0 Å². The minimum absolute atomic E-state index is 0.333. The Morgan fingerprint density at radius 2 is 1.90 bits per heavy atom. The summed E-state index contributed by atoms with van der Waals surface area (Å²) in [5, 5.41) is 0. The van der Waals surface area contributed by atoms with Gasteiger partial charge in [0.05, 0.1) is 4.60 Å². The second kappa shape index (κ2) is 2.30. The van der Waals surface area contributed by atoms with Crippen LogP contribution in [-0.2, 0) is 6.18 Å². The lowest BCUT2D eigenvalue weighted by Gasteiger charge is -2.00. The Hall–Kier alpha value is -0.450. The molecule has 1 aromatic heterocycles. The van der Waals surface area contributed by atoms with Gasteiger partial charge in [-0.3, -0.25) is 0 Å². The van der Waals surface area contributed by atoms with Crippen LogP contribution >= 0.6 is 15.9 Å². The van der Waals surface area contributed by atoms with E-state index in [0.717, 1.165) is 6.07 Å². The molecule has 0 radical (unpaired) electrons. The molecule has 56 valence electrons. The summed E-state index contributed by atoms with van der Waals surface area (Å²) in [5.74, 6) is 0. The summed E-state index contributed by atoms with van der Waals surface area (Å²) in [4.78, 5) is 2.11. The van der Waals surface area contributed by atoms with Gasteiger partial charge in [0.1, 0.15) is 5.69 Å². The summed E-state index contributed by atoms with van der Waals surface area (Å²) < 4.78 is 35.6. The minimum atomic E-state index is -4.27. The molecule has 0 saturated carbocycles. The van der Waals surface area contributed by atoms with Gasteiger partial charge in [-0.05, 0) is 28.1 Å². The van der Waals surface area contributed by atoms with E-state index >= 15 is 0 Å². The number of alkyl halides is 3. The normalized spacial score (nSPS) is 12.0. The van der Waals surface area contributed by atoms with E-state index in [4.69, 9.17) is 0 Å². The lowest BCUT2D eigenvalue weighted by Crippen LogP contribution is -2.04. The first kappa shape index (κ1) is 7.65. The molecule has 0 bridgehead atoms. The first-order valence-corrected chi connectivity index (χ1v) is 3.21. The third-order valence-electron chi connectivity index (χ3n) is 0.956. The zero-order valence-corrected chi connectivity index (χ0v) is 6.25. The molecule has 0 fully saturated rings. The number of hydrogen-bond acceptors (Lipinski definition) is 0. The summed E-state index contributed by atoms with van der Waals surface area (Å²) in [7, 11) is 0. The summed E-state index contributed by atoms with van der Waals surface area (Å²) in [6.07, 6.45) is -4.27. The molecule has 1 aromatic rings. The number of hydrogen-bond donors (Lipinski definition) is 1. The summed E-state index contributed by atoms with van der Waals surface area (Å²) in [6.45, 7) is 0. The van der Waals surface area contributed by atoms with Crippen LogP contribution in [0.15, 0.2) is 16.7 Å². The molecule has 0 aromatic carbocycles. The predicted molar refractivity (Wildman–Crippen MR) is 33.5 cm³/mol. The van der Waals surface area contributed by atoms with Crippen LogP contribution in [0.3, 0.4) is 0 Å². The Morgan fingerprint density at radius 1 is 1.30 bits per heavy atom. The molecule has 1 heterocycles. The monoisotopic (exact) mass is 213 g/mol. The maximum absolute atomic E-state index is 11.7. The summed E-state index contributed by atoms with van der Waals surface area (Å²) >= 11 is 2.87. The fraction of sp³-hybridized carbons (Fsp3) is 0.200. The van der Waals surface area contributed by atoms with Gasteiger partial charge in [-0.15, -0.1) is 0 Å². The van der Waals surface area contributed by atoms with Gasteiger partial charge in [-0.2, -0.15) is 13.2 Å². The highest BCUT2D eigenvalue weighted by atomic mass is 79.9. The number of H-pyrrole nitrogens is 1. The van der Waals surface area contributed by atoms with Crippen LogP contribution in [0.25, 0.3) is 0 Å². The first-order valence-electron chi connectivity index (χ1n) is 2.42. The van der Waals surface area contributed by atoms with Crippen molar-refractivity contribution in [1.82, 2.24) is 4.98 Å². The Balaban J connectivity index is 2.96. The highest BCUT2D eigenvalue weighted by Gasteiger charge is 2.31. The summed E-state index contributed by atoms with van der Waals surface area (Å²) in [6, 6.07) is 2.28. The van der Waals surface area contributed by atoms with E-state index in [0.29, 0.717) is 4.60 Å². The topological polar surface area (TPSA) is 15.8 Å². The third kappa shape index (κ3) is 1.53. The molecule has 0 aliphatic carbocycles. The van der Waals surface area contributed by atoms with E-state index in [1.54, 1.807) is 0 Å². The number of halogens is 4. The van der Waals surface area contributed by atoms with Crippen molar-refractivity contribution in [2.45, 2.75) is 6.18 Å². The molecule has 0 aliphatic heterocycles. The first-order chi connectivity index (χ1) is 4.50. The molecule has 0 spiro atoms. The van der Waals surface area contributed by atoms with E-state index in [2.05, 4.69) is 20.9 Å². The molecule has 0 saturated heterocycles. The van der Waals surface area contributed by atoms with Crippen molar-refractivity contribution in [1.29, 1.82) is 0 Å². The van der Waals surface area contributed by atoms with Gasteiger partial charge >= 0.3 is 6.18 Å². The molecule has 1 nitrogen and oxygen atoms in total. The highest BCUT2D eigenvalue weighted by molar-refractivity contribution is 9.10. The van der Waals surface area contributed by atoms with Crippen LogP contribution in [0, 0.1) is 0 Å². The van der Waals surface area contributed by atoms with Crippen LogP contribution in [0.2, 0.25) is 0 Å². The molecule has 0 amide bonds. The molecule has 10 heavy (non-hydrogen) atoms. The number of rotatable bonds is 0. The maximum atomic E-state index is 11.7. The van der Waals surface area contributed by atoms with E-state index in [1.165, 1.54) is 6.07 Å². The SMILES string of the molecule is FC(F)(F)c1ccc(Br)[nH]1. The molecule has 1 N–H and O–H groups in total. The standard InChI is InChI=1S/C5H3BrF3N/c6-4-2-1-3(10-4)5(7,8)9/h1-2,10H. The van der Waals surface area contributed by atoms with Gasteiger partial charge in [-0.25, -0.2) is 0 Å². The average molecular weight is 214 g/mol. The summed E-state index contributed by atoms with van der Waals surface area (Å²) in [5.41, 5.74) is -0.737. The minimum Gasteiger partial charge on any atom is -0.346 e. The van der Waals surface area contributed by atoms with E-state index < -0.39 is 11.9 Å². The molecule has 5 heteroatoms. The van der Waals surface area contributed by atoms with Crippen molar-refractivity contribution in [3.8, 4) is 0 Å². The van der Waals surface area contributed by atoms with E-state index in [-0.39, 0.29) is 0 Å². The van der Waals surface area contributed by atoms with Crippen molar-refractivity contribution in [2.75, 3.05) is 0 Å². The maximum Gasteiger partial charge on any atom is 0.431 e. The number of aromatic amines is 1. The molecule has 0 atom stereocenters. The second-order valence-corrected chi connectivity index (χ2v) is 2.57. The van der Waals surface area contributed by atoms with Crippen LogP contribution in [0.4, 0.5) is 13.2 Å². The Kier molecular flexibility index (Phi) is 1.76. The number of aromatic nitrogens is 1. The molecular formula is C5H3BrF3N. The van der Waals surface area contributed by atoms with Crippen LogP contribution in [-0.4, -0.2) is 4.98 Å².